The summed E-state index contributed by atoms with van der Waals surface area (Å²) in [6.45, 7) is 8.04. The number of fused-ring (bicyclic) bond motifs is 4. The van der Waals surface area contributed by atoms with E-state index >= 15 is 0 Å². The van der Waals surface area contributed by atoms with Crippen LogP contribution in [0.25, 0.3) is 10.9 Å². The standard InChI is InChI=1S/C29H33N3O7/c1-27(2)36-23-16-35-26-29(24(23)37-27,39-28(3,4)38-26)17-30-31-25(33)22-14-19-13-20(11-12-21(19)32(22)5)34-15-18-9-7-6-8-10-18/h6-14,17,23-24,26H,15-16H2,1-5H3,(H,31,33)/b30-17+. The summed E-state index contributed by atoms with van der Waals surface area (Å²) in [5.74, 6) is -1.41. The van der Waals surface area contributed by atoms with Gasteiger partial charge in [-0.2, -0.15) is 5.10 Å². The van der Waals surface area contributed by atoms with Crippen molar-refractivity contribution in [2.45, 2.75) is 70.0 Å². The number of hydrogen-bond donors (Lipinski definition) is 1. The summed E-state index contributed by atoms with van der Waals surface area (Å²) in [6, 6.07) is 17.5. The summed E-state index contributed by atoms with van der Waals surface area (Å²) in [5, 5.41) is 5.17. The predicted molar refractivity (Wildman–Crippen MR) is 142 cm³/mol. The second-order valence-electron chi connectivity index (χ2n) is 11.0. The molecule has 1 aromatic heterocycles. The summed E-state index contributed by atoms with van der Waals surface area (Å²) in [7, 11) is 1.84. The lowest BCUT2D eigenvalue weighted by molar-refractivity contribution is -0.208. The summed E-state index contributed by atoms with van der Waals surface area (Å²) >= 11 is 0. The van der Waals surface area contributed by atoms with E-state index in [1.54, 1.807) is 13.8 Å². The van der Waals surface area contributed by atoms with E-state index in [4.69, 9.17) is 28.4 Å². The molecular formula is C29H33N3O7. The molecule has 0 radical (unpaired) electrons. The van der Waals surface area contributed by atoms with Crippen molar-refractivity contribution in [2.24, 2.45) is 12.1 Å². The van der Waals surface area contributed by atoms with Gasteiger partial charge >= 0.3 is 0 Å². The molecule has 3 aliphatic heterocycles. The first-order valence-corrected chi connectivity index (χ1v) is 13.0. The van der Waals surface area contributed by atoms with E-state index in [9.17, 15) is 4.79 Å². The third kappa shape index (κ3) is 4.83. The van der Waals surface area contributed by atoms with Crippen molar-refractivity contribution in [3.05, 3.63) is 65.9 Å². The molecule has 6 rings (SSSR count). The number of hydrogen-bond acceptors (Lipinski definition) is 8. The largest absolute Gasteiger partial charge is 0.489 e. The minimum atomic E-state index is -1.20. The Hall–Kier alpha value is -3.28. The van der Waals surface area contributed by atoms with E-state index in [2.05, 4.69) is 10.5 Å². The van der Waals surface area contributed by atoms with Crippen molar-refractivity contribution in [1.29, 1.82) is 0 Å². The van der Waals surface area contributed by atoms with Crippen molar-refractivity contribution in [1.82, 2.24) is 9.99 Å². The van der Waals surface area contributed by atoms with Gasteiger partial charge in [-0.3, -0.25) is 4.79 Å². The molecule has 0 saturated carbocycles. The molecule has 3 saturated heterocycles. The maximum absolute atomic E-state index is 13.2. The molecule has 4 heterocycles. The Morgan fingerprint density at radius 2 is 1.87 bits per heavy atom. The third-order valence-corrected chi connectivity index (χ3v) is 7.15. The zero-order valence-electron chi connectivity index (χ0n) is 22.7. The summed E-state index contributed by atoms with van der Waals surface area (Å²) in [4.78, 5) is 13.2. The average Bonchev–Trinajstić information content (AvgIpc) is 3.50. The Kier molecular flexibility index (Phi) is 6.28. The number of nitrogens with zero attached hydrogens (tertiary/aromatic N) is 2. The second-order valence-corrected chi connectivity index (χ2v) is 11.0. The van der Waals surface area contributed by atoms with Crippen molar-refractivity contribution >= 4 is 23.0 Å². The quantitative estimate of drug-likeness (QED) is 0.378. The Balaban J connectivity index is 1.20. The number of carbonyl (C=O) groups excluding carboxylic acids is 1. The molecule has 0 bridgehead atoms. The molecule has 1 amide bonds. The number of carbonyl (C=O) groups is 1. The predicted octanol–water partition coefficient (Wildman–Crippen LogP) is 3.87. The summed E-state index contributed by atoms with van der Waals surface area (Å²) < 4.78 is 38.2. The van der Waals surface area contributed by atoms with Gasteiger partial charge in [0.2, 0.25) is 0 Å². The van der Waals surface area contributed by atoms with Gasteiger partial charge in [-0.15, -0.1) is 0 Å². The Labute approximate surface area is 226 Å². The molecule has 10 nitrogen and oxygen atoms in total. The lowest BCUT2D eigenvalue weighted by Crippen LogP contribution is -2.62. The van der Waals surface area contributed by atoms with E-state index in [1.807, 2.05) is 80.1 Å². The maximum atomic E-state index is 13.2. The van der Waals surface area contributed by atoms with Crippen molar-refractivity contribution in [3.63, 3.8) is 0 Å². The van der Waals surface area contributed by atoms with Gasteiger partial charge in [-0.05, 0) is 57.5 Å². The van der Waals surface area contributed by atoms with Gasteiger partial charge in [0.05, 0.1) is 12.8 Å². The topological polar surface area (TPSA) is 102 Å². The number of aryl methyl sites for hydroxylation is 1. The lowest BCUT2D eigenvalue weighted by Gasteiger charge is -2.39. The van der Waals surface area contributed by atoms with Crippen LogP contribution in [0.1, 0.15) is 43.7 Å². The van der Waals surface area contributed by atoms with Crippen molar-refractivity contribution in [3.8, 4) is 5.75 Å². The Bertz CT molecular complexity index is 1420. The minimum absolute atomic E-state index is 0.299. The van der Waals surface area contributed by atoms with Gasteiger partial charge in [0.25, 0.3) is 5.91 Å². The zero-order valence-corrected chi connectivity index (χ0v) is 22.7. The van der Waals surface area contributed by atoms with Crippen molar-refractivity contribution < 1.29 is 33.2 Å². The Morgan fingerprint density at radius 3 is 2.67 bits per heavy atom. The zero-order chi connectivity index (χ0) is 27.4. The van der Waals surface area contributed by atoms with Gasteiger partial charge in [-0.1, -0.05) is 30.3 Å². The minimum Gasteiger partial charge on any atom is -0.489 e. The van der Waals surface area contributed by atoms with Gasteiger partial charge in [0.15, 0.2) is 23.5 Å². The fourth-order valence-corrected chi connectivity index (χ4v) is 5.51. The highest BCUT2D eigenvalue weighted by Crippen LogP contribution is 2.47. The van der Waals surface area contributed by atoms with Crippen LogP contribution in [0.3, 0.4) is 0 Å². The van der Waals surface area contributed by atoms with Gasteiger partial charge in [0.1, 0.15) is 30.3 Å². The summed E-state index contributed by atoms with van der Waals surface area (Å²) in [6.07, 6.45) is -0.156. The second kappa shape index (κ2) is 9.42. The molecule has 3 fully saturated rings. The van der Waals surface area contributed by atoms with E-state index in [0.717, 1.165) is 22.2 Å². The molecule has 0 spiro atoms. The van der Waals surface area contributed by atoms with E-state index in [0.29, 0.717) is 18.9 Å². The highest BCUT2D eigenvalue weighted by atomic mass is 16.9. The van der Waals surface area contributed by atoms with Crippen LogP contribution in [0.15, 0.2) is 59.7 Å². The first kappa shape index (κ1) is 26.0. The normalized spacial score (nSPS) is 28.9. The molecule has 1 N–H and O–H groups in total. The molecule has 206 valence electrons. The van der Waals surface area contributed by atoms with Crippen LogP contribution in [0.2, 0.25) is 0 Å². The SMILES string of the molecule is Cn1c(C(=O)N/N=C/C23OC(C)(C)OC2OCC2OC(C)(C)OC23)cc2cc(OCc3ccccc3)ccc21. The fourth-order valence-electron chi connectivity index (χ4n) is 5.51. The summed E-state index contributed by atoms with van der Waals surface area (Å²) in [5.41, 5.74) is 3.86. The first-order chi connectivity index (χ1) is 18.6. The number of aromatic nitrogens is 1. The van der Waals surface area contributed by atoms with Crippen LogP contribution < -0.4 is 10.2 Å². The molecule has 4 unspecified atom stereocenters. The van der Waals surface area contributed by atoms with Crippen LogP contribution in [0.4, 0.5) is 0 Å². The number of benzene rings is 2. The molecule has 3 aliphatic rings. The number of ether oxygens (including phenoxy) is 6. The number of rotatable bonds is 6. The van der Waals surface area contributed by atoms with Crippen LogP contribution >= 0.6 is 0 Å². The van der Waals surface area contributed by atoms with E-state index in [-0.39, 0.29) is 12.0 Å². The fraction of sp³-hybridized carbons (Fsp3) is 0.448. The van der Waals surface area contributed by atoms with Crippen LogP contribution in [-0.2, 0) is 37.3 Å². The van der Waals surface area contributed by atoms with Crippen LogP contribution in [0.5, 0.6) is 5.75 Å². The number of hydrazone groups is 1. The van der Waals surface area contributed by atoms with Crippen molar-refractivity contribution in [2.75, 3.05) is 6.61 Å². The van der Waals surface area contributed by atoms with Crippen LogP contribution in [0, 0.1) is 0 Å². The van der Waals surface area contributed by atoms with E-state index in [1.165, 1.54) is 6.21 Å². The highest BCUT2D eigenvalue weighted by Gasteiger charge is 2.66. The number of nitrogens with one attached hydrogen (secondary N) is 1. The van der Waals surface area contributed by atoms with Gasteiger partial charge in [-0.25, -0.2) is 5.43 Å². The highest BCUT2D eigenvalue weighted by molar-refractivity contribution is 5.99. The van der Waals surface area contributed by atoms with E-state index < -0.39 is 29.6 Å². The molecular weight excluding hydrogens is 502 g/mol. The molecule has 39 heavy (non-hydrogen) atoms. The lowest BCUT2D eigenvalue weighted by atomic mass is 9.91. The monoisotopic (exact) mass is 535 g/mol. The van der Waals surface area contributed by atoms with Gasteiger partial charge < -0.3 is 33.0 Å². The molecule has 4 atom stereocenters. The van der Waals surface area contributed by atoms with Crippen LogP contribution in [-0.4, -0.2) is 59.0 Å². The average molecular weight is 536 g/mol. The molecule has 2 aromatic carbocycles. The molecule has 3 aromatic rings. The smallest absolute Gasteiger partial charge is 0.287 e. The molecule has 0 aliphatic carbocycles. The van der Waals surface area contributed by atoms with Gasteiger partial charge in [0, 0.05) is 18.0 Å². The number of amides is 1. The maximum Gasteiger partial charge on any atom is 0.287 e. The molecule has 10 heteroatoms. The first-order valence-electron chi connectivity index (χ1n) is 13.0. The Morgan fingerprint density at radius 1 is 1.08 bits per heavy atom. The third-order valence-electron chi connectivity index (χ3n) is 7.15.